The van der Waals surface area contributed by atoms with Gasteiger partial charge in [0.25, 0.3) is 5.91 Å². The molecule has 2 heterocycles. The number of rotatable bonds is 4. The molecule has 2 aliphatic rings. The van der Waals surface area contributed by atoms with Crippen LogP contribution in [-0.4, -0.2) is 25.2 Å². The second kappa shape index (κ2) is 7.59. The molecule has 1 unspecified atom stereocenters. The molecule has 0 saturated heterocycles. The SMILES string of the molecule is COc1cc(C(C)NC(=O)C2=CCOc3cc4ccccc4cc32)cc2c1OC(C)(C)C2. The van der Waals surface area contributed by atoms with Gasteiger partial charge in [-0.25, -0.2) is 0 Å². The summed E-state index contributed by atoms with van der Waals surface area (Å²) in [5.74, 6) is 2.12. The Labute approximate surface area is 188 Å². The lowest BCUT2D eigenvalue weighted by Crippen LogP contribution is -2.28. The molecule has 5 nitrogen and oxygen atoms in total. The predicted octanol–water partition coefficient (Wildman–Crippen LogP) is 5.22. The Bertz CT molecular complexity index is 1260. The summed E-state index contributed by atoms with van der Waals surface area (Å²) < 4.78 is 17.5. The van der Waals surface area contributed by atoms with Crippen molar-refractivity contribution in [1.82, 2.24) is 5.32 Å². The molecule has 0 aromatic heterocycles. The van der Waals surface area contributed by atoms with Crippen molar-refractivity contribution in [1.29, 1.82) is 0 Å². The van der Waals surface area contributed by atoms with Gasteiger partial charge in [0.2, 0.25) is 0 Å². The Morgan fingerprint density at radius 1 is 1.12 bits per heavy atom. The van der Waals surface area contributed by atoms with Crippen LogP contribution in [-0.2, 0) is 11.2 Å². The first kappa shape index (κ1) is 20.4. The first-order chi connectivity index (χ1) is 15.3. The maximum Gasteiger partial charge on any atom is 0.252 e. The number of benzene rings is 3. The van der Waals surface area contributed by atoms with Crippen molar-refractivity contribution in [2.24, 2.45) is 0 Å². The Balaban J connectivity index is 1.42. The second-order valence-electron chi connectivity index (χ2n) is 9.07. The molecule has 0 fully saturated rings. The molecule has 0 radical (unpaired) electrons. The highest BCUT2D eigenvalue weighted by molar-refractivity contribution is 6.21. The molecular formula is C27H27NO4. The molecule has 0 saturated carbocycles. The number of ether oxygens (including phenoxy) is 3. The second-order valence-corrected chi connectivity index (χ2v) is 9.07. The maximum absolute atomic E-state index is 13.3. The first-order valence-corrected chi connectivity index (χ1v) is 10.9. The Kier molecular flexibility index (Phi) is 4.85. The Hall–Kier alpha value is -3.47. The quantitative estimate of drug-likeness (QED) is 0.618. The van der Waals surface area contributed by atoms with E-state index in [1.807, 2.05) is 55.5 Å². The van der Waals surface area contributed by atoms with Crippen LogP contribution in [0.1, 0.15) is 43.5 Å². The summed E-state index contributed by atoms with van der Waals surface area (Å²) in [5, 5.41) is 5.33. The van der Waals surface area contributed by atoms with Gasteiger partial charge in [-0.2, -0.15) is 0 Å². The maximum atomic E-state index is 13.3. The third-order valence-electron chi connectivity index (χ3n) is 6.13. The molecule has 164 valence electrons. The lowest BCUT2D eigenvalue weighted by Gasteiger charge is -2.22. The molecule has 0 aliphatic carbocycles. The van der Waals surface area contributed by atoms with Gasteiger partial charge < -0.3 is 19.5 Å². The van der Waals surface area contributed by atoms with Crippen molar-refractivity contribution in [2.45, 2.75) is 38.8 Å². The van der Waals surface area contributed by atoms with Crippen molar-refractivity contribution in [3.05, 3.63) is 71.3 Å². The normalized spacial score (nSPS) is 16.8. The molecular weight excluding hydrogens is 402 g/mol. The fraction of sp³-hybridized carbons (Fsp3) is 0.296. The Morgan fingerprint density at radius 2 is 1.88 bits per heavy atom. The average Bonchev–Trinajstić information content (AvgIpc) is 3.10. The summed E-state index contributed by atoms with van der Waals surface area (Å²) in [7, 11) is 1.64. The smallest absolute Gasteiger partial charge is 0.252 e. The van der Waals surface area contributed by atoms with Gasteiger partial charge in [0.05, 0.1) is 13.2 Å². The van der Waals surface area contributed by atoms with E-state index in [0.29, 0.717) is 17.9 Å². The number of carbonyl (C=O) groups is 1. The lowest BCUT2D eigenvalue weighted by molar-refractivity contribution is -0.116. The van der Waals surface area contributed by atoms with E-state index in [2.05, 4.69) is 25.2 Å². The topological polar surface area (TPSA) is 56.8 Å². The summed E-state index contributed by atoms with van der Waals surface area (Å²) in [6.45, 7) is 6.49. The van der Waals surface area contributed by atoms with E-state index < -0.39 is 0 Å². The van der Waals surface area contributed by atoms with Crippen LogP contribution in [0.5, 0.6) is 17.2 Å². The van der Waals surface area contributed by atoms with Gasteiger partial charge in [0, 0.05) is 23.1 Å². The molecule has 0 spiro atoms. The molecule has 32 heavy (non-hydrogen) atoms. The van der Waals surface area contributed by atoms with Crippen LogP contribution in [0.25, 0.3) is 16.3 Å². The zero-order valence-electron chi connectivity index (χ0n) is 18.8. The van der Waals surface area contributed by atoms with E-state index in [4.69, 9.17) is 14.2 Å². The average molecular weight is 430 g/mol. The number of hydrogen-bond acceptors (Lipinski definition) is 4. The zero-order valence-corrected chi connectivity index (χ0v) is 18.8. The van der Waals surface area contributed by atoms with Crippen LogP contribution in [0.15, 0.2) is 54.6 Å². The number of hydrogen-bond donors (Lipinski definition) is 1. The van der Waals surface area contributed by atoms with E-state index in [9.17, 15) is 4.79 Å². The van der Waals surface area contributed by atoms with Crippen molar-refractivity contribution in [3.63, 3.8) is 0 Å². The summed E-state index contributed by atoms with van der Waals surface area (Å²) in [6.07, 6.45) is 2.65. The minimum Gasteiger partial charge on any atom is -0.493 e. The van der Waals surface area contributed by atoms with Crippen LogP contribution in [0.3, 0.4) is 0 Å². The van der Waals surface area contributed by atoms with Crippen molar-refractivity contribution in [3.8, 4) is 17.2 Å². The van der Waals surface area contributed by atoms with Gasteiger partial charge >= 0.3 is 0 Å². The number of fused-ring (bicyclic) bond motifs is 3. The van der Waals surface area contributed by atoms with Gasteiger partial charge in [-0.05, 0) is 67.4 Å². The number of carbonyl (C=O) groups excluding carboxylic acids is 1. The van der Waals surface area contributed by atoms with Gasteiger partial charge in [0.1, 0.15) is 18.0 Å². The minimum atomic E-state index is -0.264. The van der Waals surface area contributed by atoms with Crippen molar-refractivity contribution in [2.75, 3.05) is 13.7 Å². The molecule has 1 atom stereocenters. The van der Waals surface area contributed by atoms with Crippen LogP contribution in [0, 0.1) is 0 Å². The highest BCUT2D eigenvalue weighted by atomic mass is 16.5. The highest BCUT2D eigenvalue weighted by Gasteiger charge is 2.33. The molecule has 3 aromatic rings. The van der Waals surface area contributed by atoms with Crippen molar-refractivity contribution >= 4 is 22.3 Å². The monoisotopic (exact) mass is 429 g/mol. The molecule has 0 bridgehead atoms. The van der Waals surface area contributed by atoms with Gasteiger partial charge in [0.15, 0.2) is 11.5 Å². The van der Waals surface area contributed by atoms with Crippen LogP contribution in [0.4, 0.5) is 0 Å². The fourth-order valence-corrected chi connectivity index (χ4v) is 4.55. The van der Waals surface area contributed by atoms with Gasteiger partial charge in [-0.15, -0.1) is 0 Å². The lowest BCUT2D eigenvalue weighted by atomic mass is 9.96. The standard InChI is InChI=1S/C27H27NO4/c1-16(19-11-20-15-27(2,3)32-25(20)24(14-19)30-4)28-26(29)21-9-10-31-23-13-18-8-6-5-7-17(18)12-22(21)23/h5-9,11-14,16H,10,15H2,1-4H3,(H,28,29). The van der Waals surface area contributed by atoms with Gasteiger partial charge in [-0.1, -0.05) is 24.3 Å². The fourth-order valence-electron chi connectivity index (χ4n) is 4.55. The third-order valence-corrected chi connectivity index (χ3v) is 6.13. The van der Waals surface area contributed by atoms with E-state index in [1.165, 1.54) is 0 Å². The first-order valence-electron chi connectivity index (χ1n) is 10.9. The van der Waals surface area contributed by atoms with Crippen LogP contribution >= 0.6 is 0 Å². The van der Waals surface area contributed by atoms with Crippen LogP contribution < -0.4 is 19.5 Å². The molecule has 5 heteroatoms. The number of nitrogens with one attached hydrogen (secondary N) is 1. The third kappa shape index (κ3) is 3.58. The molecule has 1 N–H and O–H groups in total. The molecule has 2 aliphatic heterocycles. The predicted molar refractivity (Wildman–Crippen MR) is 125 cm³/mol. The molecule has 5 rings (SSSR count). The van der Waals surface area contributed by atoms with Gasteiger partial charge in [-0.3, -0.25) is 4.79 Å². The summed E-state index contributed by atoms with van der Waals surface area (Å²) in [6, 6.07) is 16.0. The summed E-state index contributed by atoms with van der Waals surface area (Å²) in [4.78, 5) is 13.3. The van der Waals surface area contributed by atoms with E-state index >= 15 is 0 Å². The Morgan fingerprint density at radius 3 is 2.62 bits per heavy atom. The number of amides is 1. The zero-order chi connectivity index (χ0) is 22.5. The van der Waals surface area contributed by atoms with Crippen molar-refractivity contribution < 1.29 is 19.0 Å². The van der Waals surface area contributed by atoms with E-state index in [1.54, 1.807) is 7.11 Å². The minimum absolute atomic E-state index is 0.117. The highest BCUT2D eigenvalue weighted by Crippen LogP contribution is 2.43. The van der Waals surface area contributed by atoms with Crippen LogP contribution in [0.2, 0.25) is 0 Å². The van der Waals surface area contributed by atoms with E-state index in [-0.39, 0.29) is 17.6 Å². The number of methoxy groups -OCH3 is 1. The molecule has 3 aromatic carbocycles. The summed E-state index contributed by atoms with van der Waals surface area (Å²) >= 11 is 0. The summed E-state index contributed by atoms with van der Waals surface area (Å²) in [5.41, 5.74) is 3.29. The molecule has 1 amide bonds. The largest absolute Gasteiger partial charge is 0.493 e. The van der Waals surface area contributed by atoms with E-state index in [0.717, 1.165) is 45.4 Å².